The maximum atomic E-state index is 14.3. The van der Waals surface area contributed by atoms with Crippen molar-refractivity contribution in [3.63, 3.8) is 0 Å². The van der Waals surface area contributed by atoms with Gasteiger partial charge in [0, 0.05) is 57.1 Å². The number of carbonyl (C=O) groups excluding carboxylic acids is 1. The van der Waals surface area contributed by atoms with Gasteiger partial charge in [0.25, 0.3) is 11.5 Å². The van der Waals surface area contributed by atoms with Gasteiger partial charge in [0.05, 0.1) is 22.9 Å². The maximum Gasteiger partial charge on any atom is 0.272 e. The van der Waals surface area contributed by atoms with E-state index in [4.69, 9.17) is 0 Å². The fourth-order valence-corrected chi connectivity index (χ4v) is 4.20. The van der Waals surface area contributed by atoms with Gasteiger partial charge in [-0.1, -0.05) is 6.92 Å². The number of amides is 1. The highest BCUT2D eigenvalue weighted by Gasteiger charge is 2.25. The van der Waals surface area contributed by atoms with Crippen molar-refractivity contribution >= 4 is 22.6 Å². The van der Waals surface area contributed by atoms with Gasteiger partial charge in [0.15, 0.2) is 11.5 Å². The number of piperazine rings is 1. The molecule has 1 aliphatic rings. The number of anilines is 1. The summed E-state index contributed by atoms with van der Waals surface area (Å²) in [5.41, 5.74) is 3.70. The number of hydrogen-bond donors (Lipinski definition) is 2. The standard InChI is InChI=1S/C23H27FN6O2/c1-4-16-8-19-20(28-22(16)31)7-15(10-26-19)13-29-5-6-30(14(2)12-29)17-9-18(24)21(27-11-17)23(32)25-3/h7-11,14H,4-6,12-13H2,1-3H3,(H,25,32)(H,28,31)/t14-/m0/s1. The summed E-state index contributed by atoms with van der Waals surface area (Å²) >= 11 is 0. The topological polar surface area (TPSA) is 94.2 Å². The molecule has 9 heteroatoms. The van der Waals surface area contributed by atoms with Crippen molar-refractivity contribution in [3.8, 4) is 0 Å². The summed E-state index contributed by atoms with van der Waals surface area (Å²) in [6.45, 7) is 7.01. The van der Waals surface area contributed by atoms with Gasteiger partial charge >= 0.3 is 0 Å². The van der Waals surface area contributed by atoms with Crippen molar-refractivity contribution in [2.24, 2.45) is 0 Å². The van der Waals surface area contributed by atoms with E-state index in [9.17, 15) is 14.0 Å². The number of rotatable bonds is 5. The Bertz CT molecular complexity index is 1210. The molecule has 168 valence electrons. The summed E-state index contributed by atoms with van der Waals surface area (Å²) in [6.07, 6.45) is 4.08. The molecular weight excluding hydrogens is 411 g/mol. The van der Waals surface area contributed by atoms with Crippen LogP contribution < -0.4 is 15.8 Å². The van der Waals surface area contributed by atoms with Gasteiger partial charge in [0.1, 0.15) is 0 Å². The van der Waals surface area contributed by atoms with Crippen molar-refractivity contribution in [1.29, 1.82) is 0 Å². The molecule has 0 radical (unpaired) electrons. The third kappa shape index (κ3) is 4.34. The Morgan fingerprint density at radius 2 is 2.06 bits per heavy atom. The van der Waals surface area contributed by atoms with Gasteiger partial charge in [-0.3, -0.25) is 19.5 Å². The largest absolute Gasteiger partial charge is 0.365 e. The molecule has 4 heterocycles. The van der Waals surface area contributed by atoms with Gasteiger partial charge in [0.2, 0.25) is 0 Å². The Kier molecular flexibility index (Phi) is 6.18. The molecule has 1 amide bonds. The number of carbonyl (C=O) groups is 1. The minimum atomic E-state index is -0.626. The van der Waals surface area contributed by atoms with Crippen LogP contribution in [0.1, 0.15) is 35.5 Å². The van der Waals surface area contributed by atoms with Crippen LogP contribution in [-0.2, 0) is 13.0 Å². The van der Waals surface area contributed by atoms with E-state index >= 15 is 0 Å². The van der Waals surface area contributed by atoms with E-state index in [1.165, 1.54) is 13.1 Å². The highest BCUT2D eigenvalue weighted by atomic mass is 19.1. The van der Waals surface area contributed by atoms with Gasteiger partial charge < -0.3 is 15.2 Å². The SMILES string of the molecule is CCc1cc2ncc(CN3CCN(c4cnc(C(=O)NC)c(F)c4)[C@@H](C)C3)cc2[nH]c1=O. The van der Waals surface area contributed by atoms with E-state index in [0.717, 1.165) is 35.2 Å². The fourth-order valence-electron chi connectivity index (χ4n) is 4.20. The zero-order valence-corrected chi connectivity index (χ0v) is 18.5. The smallest absolute Gasteiger partial charge is 0.272 e. The van der Waals surface area contributed by atoms with Crippen LogP contribution >= 0.6 is 0 Å². The van der Waals surface area contributed by atoms with Gasteiger partial charge in [-0.25, -0.2) is 9.37 Å². The summed E-state index contributed by atoms with van der Waals surface area (Å²) in [5, 5.41) is 2.39. The Morgan fingerprint density at radius 1 is 1.25 bits per heavy atom. The Morgan fingerprint density at radius 3 is 2.75 bits per heavy atom. The summed E-state index contributed by atoms with van der Waals surface area (Å²) < 4.78 is 14.3. The molecule has 1 fully saturated rings. The number of aromatic nitrogens is 3. The molecule has 3 aromatic rings. The number of hydrogen-bond acceptors (Lipinski definition) is 6. The number of pyridine rings is 3. The van der Waals surface area contributed by atoms with Crippen LogP contribution in [0.15, 0.2) is 35.4 Å². The molecule has 1 atom stereocenters. The van der Waals surface area contributed by atoms with Crippen molar-refractivity contribution in [2.75, 3.05) is 31.6 Å². The highest BCUT2D eigenvalue weighted by Crippen LogP contribution is 2.23. The number of nitrogens with zero attached hydrogens (tertiary/aromatic N) is 4. The van der Waals surface area contributed by atoms with Crippen molar-refractivity contribution in [2.45, 2.75) is 32.9 Å². The predicted molar refractivity (Wildman–Crippen MR) is 121 cm³/mol. The third-order valence-electron chi connectivity index (χ3n) is 5.93. The first-order valence-electron chi connectivity index (χ1n) is 10.8. The Balaban J connectivity index is 1.45. The first kappa shape index (κ1) is 21.9. The molecular formula is C23H27FN6O2. The molecule has 0 saturated carbocycles. The van der Waals surface area contributed by atoms with E-state index in [1.54, 1.807) is 6.20 Å². The quantitative estimate of drug-likeness (QED) is 0.634. The van der Waals surface area contributed by atoms with Crippen molar-refractivity contribution < 1.29 is 9.18 Å². The van der Waals surface area contributed by atoms with Gasteiger partial charge in [-0.2, -0.15) is 0 Å². The monoisotopic (exact) mass is 438 g/mol. The van der Waals surface area contributed by atoms with Crippen LogP contribution in [0, 0.1) is 5.82 Å². The fraction of sp³-hybridized carbons (Fsp3) is 0.391. The molecule has 0 spiro atoms. The molecule has 0 aliphatic carbocycles. The molecule has 0 unspecified atom stereocenters. The molecule has 32 heavy (non-hydrogen) atoms. The number of nitrogens with one attached hydrogen (secondary N) is 2. The molecule has 0 aromatic carbocycles. The van der Waals surface area contributed by atoms with Crippen LogP contribution in [0.25, 0.3) is 11.0 Å². The number of aromatic amines is 1. The number of aryl methyl sites for hydroxylation is 1. The van der Waals surface area contributed by atoms with Crippen LogP contribution in [0.4, 0.5) is 10.1 Å². The lowest BCUT2D eigenvalue weighted by atomic mass is 10.1. The van der Waals surface area contributed by atoms with Crippen molar-refractivity contribution in [1.82, 2.24) is 25.2 Å². The molecule has 3 aromatic heterocycles. The second-order valence-corrected chi connectivity index (χ2v) is 8.13. The van der Waals surface area contributed by atoms with Crippen LogP contribution in [0.2, 0.25) is 0 Å². The minimum absolute atomic E-state index is 0.0653. The Labute approximate surface area is 185 Å². The third-order valence-corrected chi connectivity index (χ3v) is 5.93. The number of fused-ring (bicyclic) bond motifs is 1. The minimum Gasteiger partial charge on any atom is -0.365 e. The van der Waals surface area contributed by atoms with Crippen LogP contribution in [0.5, 0.6) is 0 Å². The average Bonchev–Trinajstić information content (AvgIpc) is 2.78. The molecule has 1 aliphatic heterocycles. The summed E-state index contributed by atoms with van der Waals surface area (Å²) in [5.74, 6) is -1.16. The zero-order chi connectivity index (χ0) is 22.8. The highest BCUT2D eigenvalue weighted by molar-refractivity contribution is 5.92. The van der Waals surface area contributed by atoms with E-state index in [2.05, 4.69) is 37.0 Å². The average molecular weight is 439 g/mol. The zero-order valence-electron chi connectivity index (χ0n) is 18.5. The van der Waals surface area contributed by atoms with E-state index in [0.29, 0.717) is 25.2 Å². The molecule has 1 saturated heterocycles. The molecule has 4 rings (SSSR count). The second-order valence-electron chi connectivity index (χ2n) is 8.13. The predicted octanol–water partition coefficient (Wildman–Crippen LogP) is 2.09. The second kappa shape index (κ2) is 9.04. The van der Waals surface area contributed by atoms with Crippen LogP contribution in [0.3, 0.4) is 0 Å². The van der Waals surface area contributed by atoms with Crippen molar-refractivity contribution in [3.05, 3.63) is 63.6 Å². The summed E-state index contributed by atoms with van der Waals surface area (Å²) in [7, 11) is 1.45. The first-order chi connectivity index (χ1) is 15.4. The first-order valence-corrected chi connectivity index (χ1v) is 10.8. The van der Waals surface area contributed by atoms with E-state index in [-0.39, 0.29) is 17.3 Å². The summed E-state index contributed by atoms with van der Waals surface area (Å²) in [6, 6.07) is 5.34. The van der Waals surface area contributed by atoms with E-state index in [1.807, 2.05) is 25.3 Å². The number of H-pyrrole nitrogens is 1. The molecule has 0 bridgehead atoms. The van der Waals surface area contributed by atoms with Gasteiger partial charge in [-0.05, 0) is 31.0 Å². The molecule has 8 nitrogen and oxygen atoms in total. The van der Waals surface area contributed by atoms with Crippen LogP contribution in [-0.4, -0.2) is 58.5 Å². The van der Waals surface area contributed by atoms with Gasteiger partial charge in [-0.15, -0.1) is 0 Å². The lowest BCUT2D eigenvalue weighted by molar-refractivity contribution is 0.0953. The summed E-state index contributed by atoms with van der Waals surface area (Å²) in [4.78, 5) is 39.7. The lowest BCUT2D eigenvalue weighted by Gasteiger charge is -2.41. The molecule has 2 N–H and O–H groups in total. The normalized spacial score (nSPS) is 17.0. The Hall–Kier alpha value is -3.33. The maximum absolute atomic E-state index is 14.3. The lowest BCUT2D eigenvalue weighted by Crippen LogP contribution is -2.51. The number of halogens is 1. The van der Waals surface area contributed by atoms with E-state index < -0.39 is 11.7 Å².